The minimum atomic E-state index is 0.134. The van der Waals surface area contributed by atoms with Crippen LogP contribution in [-0.4, -0.2) is 19.6 Å². The molecule has 1 heterocycles. The van der Waals surface area contributed by atoms with Crippen LogP contribution in [0.25, 0.3) is 11.1 Å². The quantitative estimate of drug-likeness (QED) is 0.937. The highest BCUT2D eigenvalue weighted by Gasteiger charge is 2.24. The lowest BCUT2D eigenvalue weighted by Crippen LogP contribution is -2.13. The number of carbonyl (C=O) groups is 1. The van der Waals surface area contributed by atoms with E-state index < -0.39 is 0 Å². The fourth-order valence-corrected chi connectivity index (χ4v) is 2.98. The van der Waals surface area contributed by atoms with Crippen LogP contribution in [-0.2, 0) is 4.79 Å². The highest BCUT2D eigenvalue weighted by atomic mass is 16.5. The lowest BCUT2D eigenvalue weighted by Gasteiger charge is -2.16. The van der Waals surface area contributed by atoms with Crippen LogP contribution in [0.1, 0.15) is 23.5 Å². The van der Waals surface area contributed by atoms with Gasteiger partial charge in [0, 0.05) is 24.4 Å². The van der Waals surface area contributed by atoms with E-state index in [1.54, 1.807) is 7.11 Å². The molecule has 0 spiro atoms. The molecule has 1 aliphatic rings. The van der Waals surface area contributed by atoms with Crippen molar-refractivity contribution in [1.82, 2.24) is 5.32 Å². The van der Waals surface area contributed by atoms with Crippen LogP contribution < -0.4 is 10.1 Å². The number of benzene rings is 2. The summed E-state index contributed by atoms with van der Waals surface area (Å²) >= 11 is 0. The fourth-order valence-electron chi connectivity index (χ4n) is 2.98. The summed E-state index contributed by atoms with van der Waals surface area (Å²) in [5, 5.41) is 2.91. The molecule has 0 aromatic heterocycles. The maximum atomic E-state index is 11.5. The van der Waals surface area contributed by atoms with E-state index in [-0.39, 0.29) is 11.8 Å². The number of hydrogen-bond donors (Lipinski definition) is 1. The van der Waals surface area contributed by atoms with Crippen molar-refractivity contribution >= 4 is 5.91 Å². The molecule has 2 aromatic carbocycles. The van der Waals surface area contributed by atoms with Gasteiger partial charge in [-0.15, -0.1) is 0 Å². The molecule has 3 nitrogen and oxygen atoms in total. The smallest absolute Gasteiger partial charge is 0.220 e. The molecule has 2 aromatic rings. The molecule has 108 valence electrons. The molecule has 1 unspecified atom stereocenters. The van der Waals surface area contributed by atoms with Crippen LogP contribution in [0, 0.1) is 6.92 Å². The summed E-state index contributed by atoms with van der Waals surface area (Å²) < 4.78 is 5.59. The standard InChI is InChI=1S/C18H19NO2/c1-12-8-14(15-10-17(20)19-11-15)9-16(18(12)21-2)13-6-4-3-5-7-13/h3-9,15H,10-11H2,1-2H3,(H,19,20). The second kappa shape index (κ2) is 5.60. The summed E-state index contributed by atoms with van der Waals surface area (Å²) in [6.07, 6.45) is 0.569. The third-order valence-corrected chi connectivity index (χ3v) is 4.03. The fraction of sp³-hybridized carbons (Fsp3) is 0.278. The van der Waals surface area contributed by atoms with Gasteiger partial charge in [0.1, 0.15) is 5.75 Å². The lowest BCUT2D eigenvalue weighted by atomic mass is 9.91. The summed E-state index contributed by atoms with van der Waals surface area (Å²) in [5.41, 5.74) is 4.53. The molecular weight excluding hydrogens is 262 g/mol. The molecule has 1 atom stereocenters. The monoisotopic (exact) mass is 281 g/mol. The number of amides is 1. The summed E-state index contributed by atoms with van der Waals surface area (Å²) in [6, 6.07) is 14.5. The van der Waals surface area contributed by atoms with Gasteiger partial charge in [0.2, 0.25) is 5.91 Å². The van der Waals surface area contributed by atoms with E-state index in [2.05, 4.69) is 36.5 Å². The van der Waals surface area contributed by atoms with Gasteiger partial charge in [0.05, 0.1) is 7.11 Å². The summed E-state index contributed by atoms with van der Waals surface area (Å²) in [6.45, 7) is 2.78. The molecule has 3 heteroatoms. The Hall–Kier alpha value is -2.29. The molecule has 1 aliphatic heterocycles. The minimum Gasteiger partial charge on any atom is -0.496 e. The molecule has 3 rings (SSSR count). The Morgan fingerprint density at radius 2 is 1.95 bits per heavy atom. The molecule has 0 aliphatic carbocycles. The first-order valence-corrected chi connectivity index (χ1v) is 7.19. The average Bonchev–Trinajstić information content (AvgIpc) is 2.94. The van der Waals surface area contributed by atoms with Gasteiger partial charge in [0.25, 0.3) is 0 Å². The molecule has 0 radical (unpaired) electrons. The van der Waals surface area contributed by atoms with Crippen LogP contribution in [0.3, 0.4) is 0 Å². The van der Waals surface area contributed by atoms with E-state index in [1.165, 1.54) is 5.56 Å². The predicted molar refractivity (Wildman–Crippen MR) is 83.5 cm³/mol. The summed E-state index contributed by atoms with van der Waals surface area (Å²) in [5.74, 6) is 1.29. The Labute approximate surface area is 124 Å². The van der Waals surface area contributed by atoms with Crippen LogP contribution in [0.5, 0.6) is 5.75 Å². The van der Waals surface area contributed by atoms with Gasteiger partial charge in [-0.2, -0.15) is 0 Å². The Morgan fingerprint density at radius 1 is 1.19 bits per heavy atom. The van der Waals surface area contributed by atoms with Gasteiger partial charge in [-0.25, -0.2) is 0 Å². The van der Waals surface area contributed by atoms with Crippen molar-refractivity contribution in [3.05, 3.63) is 53.6 Å². The summed E-state index contributed by atoms with van der Waals surface area (Å²) in [7, 11) is 1.70. The van der Waals surface area contributed by atoms with Crippen molar-refractivity contribution in [1.29, 1.82) is 0 Å². The van der Waals surface area contributed by atoms with Gasteiger partial charge in [0.15, 0.2) is 0 Å². The number of ether oxygens (including phenoxy) is 1. The molecule has 21 heavy (non-hydrogen) atoms. The zero-order valence-corrected chi connectivity index (χ0v) is 12.3. The number of nitrogens with one attached hydrogen (secondary N) is 1. The van der Waals surface area contributed by atoms with Crippen molar-refractivity contribution in [3.63, 3.8) is 0 Å². The van der Waals surface area contributed by atoms with Gasteiger partial charge in [-0.05, 0) is 29.7 Å². The number of methoxy groups -OCH3 is 1. The number of aryl methyl sites for hydroxylation is 1. The summed E-state index contributed by atoms with van der Waals surface area (Å²) in [4.78, 5) is 11.5. The van der Waals surface area contributed by atoms with E-state index in [9.17, 15) is 4.79 Å². The lowest BCUT2D eigenvalue weighted by molar-refractivity contribution is -0.119. The predicted octanol–water partition coefficient (Wildman–Crippen LogP) is 3.27. The van der Waals surface area contributed by atoms with Gasteiger partial charge >= 0.3 is 0 Å². The highest BCUT2D eigenvalue weighted by Crippen LogP contribution is 2.37. The molecule has 1 amide bonds. The van der Waals surface area contributed by atoms with Crippen LogP contribution in [0.4, 0.5) is 0 Å². The second-order valence-electron chi connectivity index (χ2n) is 5.49. The van der Waals surface area contributed by atoms with E-state index in [0.29, 0.717) is 6.42 Å². The first-order valence-electron chi connectivity index (χ1n) is 7.19. The van der Waals surface area contributed by atoms with Crippen molar-refractivity contribution in [2.75, 3.05) is 13.7 Å². The SMILES string of the molecule is COc1c(C)cc(C2CNC(=O)C2)cc1-c1ccccc1. The number of rotatable bonds is 3. The second-order valence-corrected chi connectivity index (χ2v) is 5.49. The molecule has 1 fully saturated rings. The van der Waals surface area contributed by atoms with Gasteiger partial charge < -0.3 is 10.1 Å². The normalized spacial score (nSPS) is 17.6. The van der Waals surface area contributed by atoms with E-state index >= 15 is 0 Å². The molecule has 1 N–H and O–H groups in total. The maximum absolute atomic E-state index is 11.5. The Balaban J connectivity index is 2.09. The Morgan fingerprint density at radius 3 is 2.57 bits per heavy atom. The molecule has 0 saturated carbocycles. The van der Waals surface area contributed by atoms with E-state index in [1.807, 2.05) is 18.2 Å². The van der Waals surface area contributed by atoms with Crippen molar-refractivity contribution in [2.45, 2.75) is 19.3 Å². The number of carbonyl (C=O) groups excluding carboxylic acids is 1. The maximum Gasteiger partial charge on any atom is 0.220 e. The molecule has 0 bridgehead atoms. The zero-order chi connectivity index (χ0) is 14.8. The average molecular weight is 281 g/mol. The van der Waals surface area contributed by atoms with Crippen molar-refractivity contribution in [3.8, 4) is 16.9 Å². The third-order valence-electron chi connectivity index (χ3n) is 4.03. The van der Waals surface area contributed by atoms with E-state index in [0.717, 1.165) is 29.0 Å². The van der Waals surface area contributed by atoms with Gasteiger partial charge in [-0.1, -0.05) is 36.4 Å². The largest absolute Gasteiger partial charge is 0.496 e. The highest BCUT2D eigenvalue weighted by molar-refractivity contribution is 5.80. The van der Waals surface area contributed by atoms with E-state index in [4.69, 9.17) is 4.74 Å². The topological polar surface area (TPSA) is 38.3 Å². The Kier molecular flexibility index (Phi) is 3.65. The molecular formula is C18H19NO2. The first-order chi connectivity index (χ1) is 10.2. The van der Waals surface area contributed by atoms with Crippen LogP contribution in [0.2, 0.25) is 0 Å². The van der Waals surface area contributed by atoms with Crippen molar-refractivity contribution < 1.29 is 9.53 Å². The Bertz CT molecular complexity index is 664. The number of hydrogen-bond acceptors (Lipinski definition) is 2. The zero-order valence-electron chi connectivity index (χ0n) is 12.3. The van der Waals surface area contributed by atoms with Crippen molar-refractivity contribution in [2.24, 2.45) is 0 Å². The molecule has 1 saturated heterocycles. The minimum absolute atomic E-state index is 0.134. The van der Waals surface area contributed by atoms with Gasteiger partial charge in [-0.3, -0.25) is 4.79 Å². The first kappa shape index (κ1) is 13.7. The van der Waals surface area contributed by atoms with Crippen LogP contribution >= 0.6 is 0 Å². The van der Waals surface area contributed by atoms with Crippen LogP contribution in [0.15, 0.2) is 42.5 Å². The third kappa shape index (κ3) is 2.64.